The van der Waals surface area contributed by atoms with Gasteiger partial charge in [0, 0.05) is 0 Å². The highest BCUT2D eigenvalue weighted by atomic mass is 32.1. The minimum absolute atomic E-state index is 0.217. The first-order chi connectivity index (χ1) is 12.6. The molecule has 0 atom stereocenters. The summed E-state index contributed by atoms with van der Waals surface area (Å²) in [6.45, 7) is 4.65. The fraction of sp³-hybridized carbons (Fsp3) is 0.444. The predicted octanol–water partition coefficient (Wildman–Crippen LogP) is 1.06. The Morgan fingerprint density at radius 3 is 2.92 bits per heavy atom. The van der Waals surface area contributed by atoms with Crippen LogP contribution >= 0.6 is 11.3 Å². The maximum absolute atomic E-state index is 13.0. The van der Waals surface area contributed by atoms with Crippen LogP contribution in [0.2, 0.25) is 0 Å². The fourth-order valence-electron chi connectivity index (χ4n) is 2.53. The first kappa shape index (κ1) is 18.5. The largest absolute Gasteiger partial charge is 0.494 e. The molecule has 0 saturated heterocycles. The van der Waals surface area contributed by atoms with Crippen LogP contribution in [0.1, 0.15) is 6.92 Å². The highest BCUT2D eigenvalue weighted by molar-refractivity contribution is 7.22. The summed E-state index contributed by atoms with van der Waals surface area (Å²) >= 11 is 1.47. The molecule has 7 nitrogen and oxygen atoms in total. The SMILES string of the molecule is CCOc1cccc2sc(N(CC[NH+](C)C)C(=O)C3=COCCO3)nc12. The summed E-state index contributed by atoms with van der Waals surface area (Å²) in [5, 5.41) is 0.633. The van der Waals surface area contributed by atoms with E-state index < -0.39 is 0 Å². The average Bonchev–Trinajstić information content (AvgIpc) is 3.07. The van der Waals surface area contributed by atoms with Crippen molar-refractivity contribution in [2.24, 2.45) is 0 Å². The monoisotopic (exact) mass is 378 g/mol. The second-order valence-corrected chi connectivity index (χ2v) is 7.16. The number of thiazole rings is 1. The number of fused-ring (bicyclic) bond motifs is 1. The lowest BCUT2D eigenvalue weighted by atomic mass is 10.3. The lowest BCUT2D eigenvalue weighted by Gasteiger charge is -2.23. The molecule has 1 aliphatic heterocycles. The van der Waals surface area contributed by atoms with Crippen molar-refractivity contribution in [1.82, 2.24) is 4.98 Å². The smallest absolute Gasteiger partial charge is 0.298 e. The lowest BCUT2D eigenvalue weighted by Crippen LogP contribution is -3.06. The van der Waals surface area contributed by atoms with E-state index in [-0.39, 0.29) is 11.7 Å². The molecule has 0 unspecified atom stereocenters. The topological polar surface area (TPSA) is 65.3 Å². The molecule has 0 aliphatic carbocycles. The van der Waals surface area contributed by atoms with E-state index >= 15 is 0 Å². The maximum atomic E-state index is 13.0. The van der Waals surface area contributed by atoms with Gasteiger partial charge in [0.2, 0.25) is 5.76 Å². The molecule has 2 heterocycles. The molecule has 8 heteroatoms. The Balaban J connectivity index is 1.95. The number of nitrogens with zero attached hydrogens (tertiary/aromatic N) is 2. The zero-order chi connectivity index (χ0) is 18.5. The second kappa shape index (κ2) is 8.37. The van der Waals surface area contributed by atoms with Crippen LogP contribution in [0.4, 0.5) is 5.13 Å². The summed E-state index contributed by atoms with van der Waals surface area (Å²) in [6, 6.07) is 5.82. The standard InChI is InChI=1S/C18H23N3O4S/c1-4-24-13-6-5-7-15-16(13)19-18(26-15)21(9-8-20(2)3)17(22)14-12-23-10-11-25-14/h5-7,12H,4,8-11H2,1-3H3/p+1. The number of ether oxygens (including phenoxy) is 3. The average molecular weight is 378 g/mol. The molecular formula is C18H24N3O4S+. The predicted molar refractivity (Wildman–Crippen MR) is 101 cm³/mol. The highest BCUT2D eigenvalue weighted by Gasteiger charge is 2.27. The van der Waals surface area contributed by atoms with Crippen molar-refractivity contribution in [3.63, 3.8) is 0 Å². The number of carbonyl (C=O) groups is 1. The Morgan fingerprint density at radius 2 is 2.23 bits per heavy atom. The quantitative estimate of drug-likeness (QED) is 0.781. The van der Waals surface area contributed by atoms with Crippen LogP contribution in [0.3, 0.4) is 0 Å². The summed E-state index contributed by atoms with van der Waals surface area (Å²) in [7, 11) is 4.10. The van der Waals surface area contributed by atoms with Gasteiger partial charge in [-0.1, -0.05) is 17.4 Å². The normalized spacial score (nSPS) is 13.9. The fourth-order valence-corrected chi connectivity index (χ4v) is 3.54. The summed E-state index contributed by atoms with van der Waals surface area (Å²) in [5.74, 6) is 0.715. The van der Waals surface area contributed by atoms with Gasteiger partial charge in [-0.05, 0) is 19.1 Å². The van der Waals surface area contributed by atoms with Gasteiger partial charge >= 0.3 is 0 Å². The van der Waals surface area contributed by atoms with Crippen molar-refractivity contribution >= 4 is 32.6 Å². The zero-order valence-electron chi connectivity index (χ0n) is 15.3. The van der Waals surface area contributed by atoms with E-state index in [1.54, 1.807) is 4.90 Å². The van der Waals surface area contributed by atoms with E-state index in [0.29, 0.717) is 31.5 Å². The van der Waals surface area contributed by atoms with E-state index in [9.17, 15) is 4.79 Å². The van der Waals surface area contributed by atoms with Crippen LogP contribution in [0, 0.1) is 0 Å². The first-order valence-electron chi connectivity index (χ1n) is 8.68. The van der Waals surface area contributed by atoms with Crippen LogP contribution < -0.4 is 14.5 Å². The molecule has 0 spiro atoms. The minimum Gasteiger partial charge on any atom is -0.494 e. The van der Waals surface area contributed by atoms with Crippen molar-refractivity contribution in [3.05, 3.63) is 30.2 Å². The molecule has 1 N–H and O–H groups in total. The molecule has 0 bridgehead atoms. The van der Waals surface area contributed by atoms with Crippen LogP contribution in [-0.2, 0) is 14.3 Å². The van der Waals surface area contributed by atoms with Gasteiger partial charge in [0.05, 0.1) is 38.5 Å². The number of nitrogens with one attached hydrogen (secondary N) is 1. The molecule has 2 aromatic rings. The number of quaternary nitrogens is 1. The number of carbonyl (C=O) groups excluding carboxylic acids is 1. The molecule has 0 radical (unpaired) electrons. The van der Waals surface area contributed by atoms with Crippen molar-refractivity contribution in [2.45, 2.75) is 6.92 Å². The van der Waals surface area contributed by atoms with Crippen molar-refractivity contribution in [2.75, 3.05) is 51.9 Å². The summed E-state index contributed by atoms with van der Waals surface area (Å²) in [6.07, 6.45) is 1.39. The zero-order valence-corrected chi connectivity index (χ0v) is 16.1. The number of likely N-dealkylation sites (N-methyl/N-ethyl adjacent to an activating group) is 1. The van der Waals surface area contributed by atoms with Gasteiger partial charge in [-0.2, -0.15) is 0 Å². The number of rotatable bonds is 7. The Labute approximate surface area is 156 Å². The molecule has 1 amide bonds. The molecular weight excluding hydrogens is 354 g/mol. The maximum Gasteiger partial charge on any atom is 0.298 e. The number of hydrogen-bond donors (Lipinski definition) is 1. The third kappa shape index (κ3) is 4.08. The summed E-state index contributed by atoms with van der Waals surface area (Å²) in [5.41, 5.74) is 0.777. The number of benzene rings is 1. The third-order valence-corrected chi connectivity index (χ3v) is 4.89. The van der Waals surface area contributed by atoms with E-state index in [4.69, 9.17) is 19.2 Å². The number of hydrogen-bond acceptors (Lipinski definition) is 6. The van der Waals surface area contributed by atoms with Gasteiger partial charge in [-0.25, -0.2) is 4.98 Å². The van der Waals surface area contributed by atoms with Crippen molar-refractivity contribution < 1.29 is 23.9 Å². The highest BCUT2D eigenvalue weighted by Crippen LogP contribution is 2.34. The van der Waals surface area contributed by atoms with Crippen LogP contribution in [-0.4, -0.2) is 57.9 Å². The molecule has 1 aliphatic rings. The third-order valence-electron chi connectivity index (χ3n) is 3.84. The number of aromatic nitrogens is 1. The van der Waals surface area contributed by atoms with Gasteiger partial charge in [0.25, 0.3) is 5.91 Å². The Bertz CT molecular complexity index is 803. The van der Waals surface area contributed by atoms with Crippen molar-refractivity contribution in [1.29, 1.82) is 0 Å². The van der Waals surface area contributed by atoms with Crippen LogP contribution in [0.15, 0.2) is 30.2 Å². The Hall–Kier alpha value is -2.32. The number of para-hydroxylation sites is 1. The Kier molecular flexibility index (Phi) is 5.95. The van der Waals surface area contributed by atoms with Crippen LogP contribution in [0.5, 0.6) is 5.75 Å². The molecule has 26 heavy (non-hydrogen) atoms. The lowest BCUT2D eigenvalue weighted by molar-refractivity contribution is -0.856. The van der Waals surface area contributed by atoms with Gasteiger partial charge in [0.15, 0.2) is 5.13 Å². The van der Waals surface area contributed by atoms with E-state index in [2.05, 4.69) is 0 Å². The molecule has 0 fully saturated rings. The molecule has 0 saturated carbocycles. The molecule has 3 rings (SSSR count). The summed E-state index contributed by atoms with van der Waals surface area (Å²) < 4.78 is 17.4. The van der Waals surface area contributed by atoms with E-state index in [0.717, 1.165) is 22.5 Å². The number of anilines is 1. The molecule has 1 aromatic heterocycles. The van der Waals surface area contributed by atoms with E-state index in [1.807, 2.05) is 39.2 Å². The number of amides is 1. The van der Waals surface area contributed by atoms with Gasteiger partial charge in [-0.15, -0.1) is 0 Å². The van der Waals surface area contributed by atoms with Crippen LogP contribution in [0.25, 0.3) is 10.2 Å². The van der Waals surface area contributed by atoms with Gasteiger partial charge < -0.3 is 19.1 Å². The summed E-state index contributed by atoms with van der Waals surface area (Å²) in [4.78, 5) is 20.6. The van der Waals surface area contributed by atoms with Crippen molar-refractivity contribution in [3.8, 4) is 5.75 Å². The molecule has 1 aromatic carbocycles. The second-order valence-electron chi connectivity index (χ2n) is 6.15. The van der Waals surface area contributed by atoms with E-state index in [1.165, 1.54) is 22.5 Å². The molecule has 140 valence electrons. The van der Waals surface area contributed by atoms with Gasteiger partial charge in [0.1, 0.15) is 30.7 Å². The minimum atomic E-state index is -0.233. The Morgan fingerprint density at radius 1 is 1.38 bits per heavy atom. The first-order valence-corrected chi connectivity index (χ1v) is 9.49. The van der Waals surface area contributed by atoms with Gasteiger partial charge in [-0.3, -0.25) is 9.69 Å².